The predicted molar refractivity (Wildman–Crippen MR) is 98.6 cm³/mol. The number of amides is 1. The number of nitro groups is 1. The summed E-state index contributed by atoms with van der Waals surface area (Å²) in [5.74, 6) is 0.697. The lowest BCUT2D eigenvalue weighted by molar-refractivity contribution is -0.385. The van der Waals surface area contributed by atoms with Gasteiger partial charge in [0, 0.05) is 13.1 Å². The van der Waals surface area contributed by atoms with Gasteiger partial charge in [0.1, 0.15) is 11.3 Å². The van der Waals surface area contributed by atoms with Crippen molar-refractivity contribution in [3.63, 3.8) is 0 Å². The van der Waals surface area contributed by atoms with Crippen LogP contribution in [0.3, 0.4) is 0 Å². The molecule has 1 amide bonds. The summed E-state index contributed by atoms with van der Waals surface area (Å²) in [6.45, 7) is 5.23. The number of carbonyl (C=O) groups excluding carboxylic acids is 1. The first-order valence-corrected chi connectivity index (χ1v) is 9.64. The minimum atomic E-state index is -0.516. The van der Waals surface area contributed by atoms with Crippen LogP contribution in [0, 0.1) is 16.0 Å². The molecule has 1 aliphatic heterocycles. The van der Waals surface area contributed by atoms with Crippen molar-refractivity contribution in [2.45, 2.75) is 24.7 Å². The average Bonchev–Trinajstić information content (AvgIpc) is 2.64. The molecule has 1 aliphatic rings. The van der Waals surface area contributed by atoms with E-state index < -0.39 is 4.92 Å². The van der Waals surface area contributed by atoms with Crippen molar-refractivity contribution in [3.05, 3.63) is 27.8 Å². The third-order valence-corrected chi connectivity index (χ3v) is 5.27. The van der Waals surface area contributed by atoms with Gasteiger partial charge in [-0.05, 0) is 44.2 Å². The topological polar surface area (TPSA) is 84.7 Å². The molecule has 138 valence electrons. The molecule has 1 saturated heterocycles. The van der Waals surface area contributed by atoms with Crippen LogP contribution in [-0.4, -0.2) is 55.3 Å². The van der Waals surface area contributed by atoms with Crippen LogP contribution in [0.1, 0.15) is 30.1 Å². The van der Waals surface area contributed by atoms with E-state index in [9.17, 15) is 14.9 Å². The van der Waals surface area contributed by atoms with Crippen LogP contribution in [0.5, 0.6) is 5.75 Å². The highest BCUT2D eigenvalue weighted by Crippen LogP contribution is 2.35. The summed E-state index contributed by atoms with van der Waals surface area (Å²) in [6, 6.07) is 2.92. The summed E-state index contributed by atoms with van der Waals surface area (Å²) in [4.78, 5) is 26.2. The van der Waals surface area contributed by atoms with Crippen molar-refractivity contribution in [3.8, 4) is 5.75 Å². The molecule has 1 fully saturated rings. The van der Waals surface area contributed by atoms with Crippen LogP contribution in [0.15, 0.2) is 17.0 Å². The molecule has 0 atom stereocenters. The molecule has 25 heavy (non-hydrogen) atoms. The van der Waals surface area contributed by atoms with Gasteiger partial charge in [0.2, 0.25) is 0 Å². The van der Waals surface area contributed by atoms with Crippen molar-refractivity contribution < 1.29 is 14.5 Å². The molecular weight excluding hydrogens is 342 g/mol. The predicted octanol–water partition coefficient (Wildman–Crippen LogP) is 2.79. The molecule has 0 aromatic heterocycles. The van der Waals surface area contributed by atoms with E-state index in [4.69, 9.17) is 4.74 Å². The van der Waals surface area contributed by atoms with Gasteiger partial charge in [-0.2, -0.15) is 0 Å². The maximum Gasteiger partial charge on any atom is 0.285 e. The Bertz CT molecular complexity index is 631. The van der Waals surface area contributed by atoms with Crippen LogP contribution >= 0.6 is 11.8 Å². The van der Waals surface area contributed by atoms with Gasteiger partial charge in [-0.15, -0.1) is 11.8 Å². The molecule has 1 N–H and O–H groups in total. The lowest BCUT2D eigenvalue weighted by atomic mass is 9.96. The molecular formula is C17H25N3O4S. The smallest absolute Gasteiger partial charge is 0.285 e. The summed E-state index contributed by atoms with van der Waals surface area (Å²) >= 11 is 1.40. The Morgan fingerprint density at radius 1 is 1.44 bits per heavy atom. The first-order valence-electron chi connectivity index (χ1n) is 8.42. The summed E-state index contributed by atoms with van der Waals surface area (Å²) in [6.07, 6.45) is 3.68. The highest BCUT2D eigenvalue weighted by Gasteiger charge is 2.29. The third-order valence-electron chi connectivity index (χ3n) is 4.51. The molecule has 1 aromatic carbocycles. The van der Waals surface area contributed by atoms with Crippen molar-refractivity contribution in [1.82, 2.24) is 10.2 Å². The van der Waals surface area contributed by atoms with Crippen LogP contribution in [-0.2, 0) is 0 Å². The van der Waals surface area contributed by atoms with E-state index in [1.54, 1.807) is 11.0 Å². The Kier molecular flexibility index (Phi) is 7.07. The quantitative estimate of drug-likeness (QED) is 0.453. The fourth-order valence-corrected chi connectivity index (χ4v) is 3.63. The molecule has 0 saturated carbocycles. The molecule has 7 nitrogen and oxygen atoms in total. The SMILES string of the molecule is CCNCC1CCN(C(=O)c2cc(SC)c(OC)cc2[N+](=O)[O-])CC1. The van der Waals surface area contributed by atoms with Gasteiger partial charge >= 0.3 is 0 Å². The number of ether oxygens (including phenoxy) is 1. The van der Waals surface area contributed by atoms with Crippen LogP contribution in [0.4, 0.5) is 5.69 Å². The number of nitro benzene ring substituents is 1. The molecule has 0 bridgehead atoms. The van der Waals surface area contributed by atoms with E-state index in [1.807, 2.05) is 6.26 Å². The van der Waals surface area contributed by atoms with Crippen molar-refractivity contribution in [1.29, 1.82) is 0 Å². The van der Waals surface area contributed by atoms with E-state index in [0.717, 1.165) is 30.8 Å². The summed E-state index contributed by atoms with van der Waals surface area (Å²) in [5, 5.41) is 14.7. The molecule has 0 aliphatic carbocycles. The number of nitrogens with one attached hydrogen (secondary N) is 1. The lowest BCUT2D eigenvalue weighted by Crippen LogP contribution is -2.41. The third kappa shape index (κ3) is 4.64. The van der Waals surface area contributed by atoms with Gasteiger partial charge in [0.15, 0.2) is 0 Å². The second-order valence-electron chi connectivity index (χ2n) is 6.02. The lowest BCUT2D eigenvalue weighted by Gasteiger charge is -2.32. The maximum atomic E-state index is 12.9. The minimum Gasteiger partial charge on any atom is -0.495 e. The van der Waals surface area contributed by atoms with E-state index in [2.05, 4.69) is 12.2 Å². The zero-order valence-electron chi connectivity index (χ0n) is 14.9. The van der Waals surface area contributed by atoms with Gasteiger partial charge < -0.3 is 15.0 Å². The second-order valence-corrected chi connectivity index (χ2v) is 6.87. The molecule has 0 spiro atoms. The monoisotopic (exact) mass is 367 g/mol. The molecule has 1 aromatic rings. The number of carbonyl (C=O) groups is 1. The minimum absolute atomic E-state index is 0.139. The Balaban J connectivity index is 2.20. The summed E-state index contributed by atoms with van der Waals surface area (Å²) < 4.78 is 5.20. The summed E-state index contributed by atoms with van der Waals surface area (Å²) in [7, 11) is 1.47. The van der Waals surface area contributed by atoms with Crippen molar-refractivity contribution >= 4 is 23.4 Å². The standard InChI is InChI=1S/C17H25N3O4S/c1-4-18-11-12-5-7-19(8-6-12)17(21)13-9-16(25-3)15(24-2)10-14(13)20(22)23/h9-10,12,18H,4-8,11H2,1-3H3. The highest BCUT2D eigenvalue weighted by atomic mass is 32.2. The fourth-order valence-electron chi connectivity index (χ4n) is 3.05. The van der Waals surface area contributed by atoms with E-state index >= 15 is 0 Å². The first kappa shape index (κ1) is 19.5. The van der Waals surface area contributed by atoms with E-state index in [-0.39, 0.29) is 17.2 Å². The Morgan fingerprint density at radius 2 is 2.12 bits per heavy atom. The molecule has 8 heteroatoms. The van der Waals surface area contributed by atoms with Crippen LogP contribution < -0.4 is 10.1 Å². The molecule has 0 unspecified atom stereocenters. The molecule has 2 rings (SSSR count). The van der Waals surface area contributed by atoms with Crippen LogP contribution in [0.25, 0.3) is 0 Å². The number of rotatable bonds is 7. The number of likely N-dealkylation sites (tertiary alicyclic amines) is 1. The number of nitrogens with zero attached hydrogens (tertiary/aromatic N) is 2. The normalized spacial score (nSPS) is 15.2. The number of thioether (sulfide) groups is 1. The van der Waals surface area contributed by atoms with Crippen molar-refractivity contribution in [2.75, 3.05) is 39.5 Å². The van der Waals surface area contributed by atoms with Crippen molar-refractivity contribution in [2.24, 2.45) is 5.92 Å². The zero-order chi connectivity index (χ0) is 18.4. The number of hydrogen-bond acceptors (Lipinski definition) is 6. The number of hydrogen-bond donors (Lipinski definition) is 1. The van der Waals surface area contributed by atoms with E-state index in [1.165, 1.54) is 24.9 Å². The Hall–Kier alpha value is -1.80. The Morgan fingerprint density at radius 3 is 2.64 bits per heavy atom. The van der Waals surface area contributed by atoms with Gasteiger partial charge in [-0.25, -0.2) is 0 Å². The van der Waals surface area contributed by atoms with Gasteiger partial charge in [0.05, 0.1) is 23.0 Å². The van der Waals surface area contributed by atoms with Gasteiger partial charge in [-0.3, -0.25) is 14.9 Å². The first-order chi connectivity index (χ1) is 12.0. The fraction of sp³-hybridized carbons (Fsp3) is 0.588. The number of piperidine rings is 1. The number of methoxy groups -OCH3 is 1. The second kappa shape index (κ2) is 9.05. The van der Waals surface area contributed by atoms with E-state index in [0.29, 0.717) is 24.8 Å². The zero-order valence-corrected chi connectivity index (χ0v) is 15.7. The maximum absolute atomic E-state index is 12.9. The number of benzene rings is 1. The molecule has 0 radical (unpaired) electrons. The highest BCUT2D eigenvalue weighted by molar-refractivity contribution is 7.98. The van der Waals surface area contributed by atoms with Gasteiger partial charge in [0.25, 0.3) is 11.6 Å². The van der Waals surface area contributed by atoms with Crippen LogP contribution in [0.2, 0.25) is 0 Å². The summed E-state index contributed by atoms with van der Waals surface area (Å²) in [5.41, 5.74) is -0.0605. The average molecular weight is 367 g/mol. The molecule has 1 heterocycles. The largest absolute Gasteiger partial charge is 0.495 e. The Labute approximate surface area is 152 Å². The van der Waals surface area contributed by atoms with Gasteiger partial charge in [-0.1, -0.05) is 6.92 Å².